The zero-order valence-corrected chi connectivity index (χ0v) is 32.6. The van der Waals surface area contributed by atoms with E-state index in [0.717, 1.165) is 5.56 Å². The maximum Gasteiger partial charge on any atom is 0.408 e. The van der Waals surface area contributed by atoms with Crippen LogP contribution in [0.15, 0.2) is 121 Å². The van der Waals surface area contributed by atoms with Gasteiger partial charge in [-0.3, -0.25) is 9.59 Å². The van der Waals surface area contributed by atoms with Crippen LogP contribution in [-0.2, 0) is 45.1 Å². The van der Waals surface area contributed by atoms with Gasteiger partial charge in [0.15, 0.2) is 0 Å². The zero-order valence-electron chi connectivity index (χ0n) is 32.6. The Morgan fingerprint density at radius 1 is 0.544 bits per heavy atom. The number of halogens is 2. The predicted molar refractivity (Wildman–Crippen MR) is 212 cm³/mol. The molecule has 0 fully saturated rings. The Balaban J connectivity index is 1.57. The van der Waals surface area contributed by atoms with Gasteiger partial charge in [-0.2, -0.15) is 0 Å². The molecule has 0 spiro atoms. The number of carbonyl (C=O) groups is 4. The maximum absolute atomic E-state index is 17.0. The van der Waals surface area contributed by atoms with Crippen molar-refractivity contribution >= 4 is 24.0 Å². The van der Waals surface area contributed by atoms with Gasteiger partial charge in [-0.15, -0.1) is 0 Å². The molecule has 5 N–H and O–H groups in total. The Morgan fingerprint density at radius 3 is 1.28 bits per heavy atom. The summed E-state index contributed by atoms with van der Waals surface area (Å²) in [4.78, 5) is 53.2. The van der Waals surface area contributed by atoms with E-state index in [0.29, 0.717) is 16.7 Å². The molecule has 0 saturated carbocycles. The van der Waals surface area contributed by atoms with Crippen LogP contribution in [0.2, 0.25) is 0 Å². The molecule has 13 heteroatoms. The first-order valence-electron chi connectivity index (χ1n) is 18.9. The third kappa shape index (κ3) is 13.7. The SMILES string of the molecule is CC(C)[C@H](NC(=O)OCc1ccccc1)C(=O)NC(Cc1ccccc1)C(O)C(F)(F)C(Cc1ccccc1)NC(=O)[C@@H](NC(=O)OCc1ccccc1)C(C)C. The zero-order chi connectivity index (χ0) is 41.4. The van der Waals surface area contributed by atoms with E-state index in [-0.39, 0.29) is 19.6 Å². The Hall–Kier alpha value is -5.82. The van der Waals surface area contributed by atoms with Gasteiger partial charge in [-0.25, -0.2) is 18.4 Å². The molecule has 3 unspecified atom stereocenters. The monoisotopic (exact) mass is 786 g/mol. The highest BCUT2D eigenvalue weighted by Gasteiger charge is 2.51. The largest absolute Gasteiger partial charge is 0.445 e. The number of alkyl carbamates (subject to hydrolysis) is 2. The van der Waals surface area contributed by atoms with Gasteiger partial charge in [-0.1, -0.05) is 149 Å². The highest BCUT2D eigenvalue weighted by Crippen LogP contribution is 2.30. The summed E-state index contributed by atoms with van der Waals surface area (Å²) >= 11 is 0. The fraction of sp³-hybridized carbons (Fsp3) is 0.364. The average Bonchev–Trinajstić information content (AvgIpc) is 3.20. The second kappa shape index (κ2) is 21.5. The molecule has 304 valence electrons. The van der Waals surface area contributed by atoms with E-state index in [1.54, 1.807) is 137 Å². The van der Waals surface area contributed by atoms with E-state index in [1.807, 2.05) is 12.1 Å². The number of nitrogens with one attached hydrogen (secondary N) is 4. The minimum absolute atomic E-state index is 0.0583. The van der Waals surface area contributed by atoms with Crippen molar-refractivity contribution in [2.24, 2.45) is 11.8 Å². The van der Waals surface area contributed by atoms with Crippen molar-refractivity contribution in [3.8, 4) is 0 Å². The van der Waals surface area contributed by atoms with Gasteiger partial charge in [-0.05, 0) is 46.9 Å². The Labute approximate surface area is 332 Å². The quantitative estimate of drug-likeness (QED) is 0.0744. The molecule has 0 aliphatic carbocycles. The lowest BCUT2D eigenvalue weighted by Gasteiger charge is -2.37. The van der Waals surface area contributed by atoms with Gasteiger partial charge < -0.3 is 35.8 Å². The van der Waals surface area contributed by atoms with Crippen LogP contribution in [0.25, 0.3) is 0 Å². The van der Waals surface area contributed by atoms with Gasteiger partial charge in [0.1, 0.15) is 31.4 Å². The summed E-state index contributed by atoms with van der Waals surface area (Å²) < 4.78 is 44.6. The van der Waals surface area contributed by atoms with Crippen LogP contribution in [0, 0.1) is 11.8 Å². The number of aliphatic hydroxyl groups is 1. The van der Waals surface area contributed by atoms with Gasteiger partial charge >= 0.3 is 12.2 Å². The summed E-state index contributed by atoms with van der Waals surface area (Å²) in [6.45, 7) is 6.49. The number of hydrogen-bond acceptors (Lipinski definition) is 7. The molecule has 0 aliphatic heterocycles. The first kappa shape index (κ1) is 43.9. The third-order valence-corrected chi connectivity index (χ3v) is 9.34. The fourth-order valence-corrected chi connectivity index (χ4v) is 6.10. The highest BCUT2D eigenvalue weighted by atomic mass is 19.3. The number of ether oxygens (including phenoxy) is 2. The van der Waals surface area contributed by atoms with Crippen LogP contribution in [0.4, 0.5) is 18.4 Å². The van der Waals surface area contributed by atoms with Crippen molar-refractivity contribution in [2.45, 2.75) is 89.9 Å². The molecule has 4 rings (SSSR count). The molecule has 57 heavy (non-hydrogen) atoms. The molecule has 0 aliphatic rings. The summed E-state index contributed by atoms with van der Waals surface area (Å²) in [5, 5.41) is 21.7. The van der Waals surface area contributed by atoms with Crippen LogP contribution in [-0.4, -0.2) is 65.3 Å². The molecule has 5 atom stereocenters. The standard InChI is InChI=1S/C44H52F2N4O7/c1-29(2)37(49-42(54)56-27-33-21-13-7-14-22-33)40(52)47-35(25-31-17-9-5-10-18-31)39(51)44(45,46)36(26-32-19-11-6-12-20-32)48-41(53)38(30(3)4)50-43(55)57-28-34-23-15-8-16-24-34/h5-24,29-30,35-39,51H,25-28H2,1-4H3,(H,47,52)(H,48,53)(H,49,54)(H,50,55)/t35?,36?,37-,38-,39?/m0/s1. The average molecular weight is 787 g/mol. The van der Waals surface area contributed by atoms with Gasteiger partial charge in [0.2, 0.25) is 11.8 Å². The number of alkyl halides is 2. The van der Waals surface area contributed by atoms with Gasteiger partial charge in [0.05, 0.1) is 12.1 Å². The second-order valence-electron chi connectivity index (χ2n) is 14.5. The summed E-state index contributed by atoms with van der Waals surface area (Å²) in [7, 11) is 0. The van der Waals surface area contributed by atoms with Crippen molar-refractivity contribution < 1.29 is 42.5 Å². The number of amides is 4. The molecule has 4 aromatic carbocycles. The molecule has 4 amide bonds. The maximum atomic E-state index is 17.0. The van der Waals surface area contributed by atoms with Crippen LogP contribution >= 0.6 is 0 Å². The van der Waals surface area contributed by atoms with E-state index < -0.39 is 78.5 Å². The lowest BCUT2D eigenvalue weighted by Crippen LogP contribution is -2.64. The molecular formula is C44H52F2N4O7. The number of benzene rings is 4. The van der Waals surface area contributed by atoms with Crippen LogP contribution in [0.1, 0.15) is 49.9 Å². The van der Waals surface area contributed by atoms with Gasteiger partial charge in [0.25, 0.3) is 5.92 Å². The fourth-order valence-electron chi connectivity index (χ4n) is 6.10. The summed E-state index contributed by atoms with van der Waals surface area (Å²) in [6, 6.07) is 28.4. The van der Waals surface area contributed by atoms with E-state index in [9.17, 15) is 24.3 Å². The molecular weight excluding hydrogens is 735 g/mol. The molecule has 11 nitrogen and oxygen atoms in total. The normalized spacial score (nSPS) is 14.1. The first-order chi connectivity index (χ1) is 27.2. The van der Waals surface area contributed by atoms with Crippen molar-refractivity contribution in [1.82, 2.24) is 21.3 Å². The molecule has 0 aromatic heterocycles. The van der Waals surface area contributed by atoms with Crippen molar-refractivity contribution in [3.63, 3.8) is 0 Å². The summed E-state index contributed by atoms with van der Waals surface area (Å²) in [5.74, 6) is -6.86. The van der Waals surface area contributed by atoms with Gasteiger partial charge in [0, 0.05) is 0 Å². The minimum Gasteiger partial charge on any atom is -0.445 e. The minimum atomic E-state index is -4.07. The van der Waals surface area contributed by atoms with E-state index >= 15 is 8.78 Å². The third-order valence-electron chi connectivity index (χ3n) is 9.34. The van der Waals surface area contributed by atoms with Crippen molar-refractivity contribution in [1.29, 1.82) is 0 Å². The Kier molecular flexibility index (Phi) is 16.5. The van der Waals surface area contributed by atoms with E-state index in [1.165, 1.54) is 0 Å². The first-order valence-corrected chi connectivity index (χ1v) is 18.9. The molecule has 0 heterocycles. The number of hydrogen-bond donors (Lipinski definition) is 5. The van der Waals surface area contributed by atoms with Crippen molar-refractivity contribution in [2.75, 3.05) is 0 Å². The Bertz CT molecular complexity index is 1850. The van der Waals surface area contributed by atoms with Crippen LogP contribution < -0.4 is 21.3 Å². The summed E-state index contributed by atoms with van der Waals surface area (Å²) in [6.07, 6.45) is -4.98. The highest BCUT2D eigenvalue weighted by molar-refractivity contribution is 5.87. The number of carbonyl (C=O) groups excluding carboxylic acids is 4. The number of aliphatic hydroxyl groups excluding tert-OH is 1. The summed E-state index contributed by atoms with van der Waals surface area (Å²) in [5.41, 5.74) is 2.41. The van der Waals surface area contributed by atoms with E-state index in [4.69, 9.17) is 9.47 Å². The van der Waals surface area contributed by atoms with Crippen LogP contribution in [0.5, 0.6) is 0 Å². The number of rotatable bonds is 19. The van der Waals surface area contributed by atoms with E-state index in [2.05, 4.69) is 21.3 Å². The Morgan fingerprint density at radius 2 is 0.895 bits per heavy atom. The lowest BCUT2D eigenvalue weighted by molar-refractivity contribution is -0.154. The molecule has 0 radical (unpaired) electrons. The smallest absolute Gasteiger partial charge is 0.408 e. The van der Waals surface area contributed by atoms with Crippen molar-refractivity contribution in [3.05, 3.63) is 144 Å². The van der Waals surface area contributed by atoms with Crippen LogP contribution in [0.3, 0.4) is 0 Å². The predicted octanol–water partition coefficient (Wildman–Crippen LogP) is 6.34. The molecule has 0 saturated heterocycles. The topological polar surface area (TPSA) is 155 Å². The lowest BCUT2D eigenvalue weighted by atomic mass is 9.89. The molecule has 0 bridgehead atoms. The molecule has 4 aromatic rings. The second-order valence-corrected chi connectivity index (χ2v) is 14.5.